The number of nitrogens with one attached hydrogen (secondary N) is 1. The number of fused-ring (bicyclic) bond motifs is 1. The molecule has 132 valence electrons. The van der Waals surface area contributed by atoms with Gasteiger partial charge in [-0.1, -0.05) is 24.3 Å². The topological polar surface area (TPSA) is 47.6 Å². The number of hydrogen-bond acceptors (Lipinski definition) is 3. The molecule has 1 aliphatic rings. The van der Waals surface area contributed by atoms with E-state index in [-0.39, 0.29) is 5.91 Å². The van der Waals surface area contributed by atoms with Crippen molar-refractivity contribution in [2.24, 2.45) is 0 Å². The van der Waals surface area contributed by atoms with Crippen molar-refractivity contribution in [3.63, 3.8) is 0 Å². The molecule has 0 bridgehead atoms. The van der Waals surface area contributed by atoms with Gasteiger partial charge in [0.2, 0.25) is 0 Å². The molecule has 0 aromatic heterocycles. The standard InChI is InChI=1S/C21H25NO3/c1-15(21(23)22-14-16-10-12-18(24-2)13-11-16)25-20-9-5-7-17-6-3-4-8-19(17)20/h5,7,9-13,15H,3-4,6,8,14H2,1-2H3,(H,22,23). The summed E-state index contributed by atoms with van der Waals surface area (Å²) in [5, 5.41) is 2.93. The summed E-state index contributed by atoms with van der Waals surface area (Å²) >= 11 is 0. The molecule has 1 atom stereocenters. The lowest BCUT2D eigenvalue weighted by molar-refractivity contribution is -0.127. The average Bonchev–Trinajstić information content (AvgIpc) is 2.66. The van der Waals surface area contributed by atoms with Crippen LogP contribution in [0.1, 0.15) is 36.5 Å². The van der Waals surface area contributed by atoms with Crippen LogP contribution in [0, 0.1) is 0 Å². The van der Waals surface area contributed by atoms with Gasteiger partial charge in [0, 0.05) is 6.54 Å². The van der Waals surface area contributed by atoms with Crippen LogP contribution in [0.15, 0.2) is 42.5 Å². The molecule has 1 N–H and O–H groups in total. The fraction of sp³-hybridized carbons (Fsp3) is 0.381. The minimum absolute atomic E-state index is 0.107. The average molecular weight is 339 g/mol. The second-order valence-electron chi connectivity index (χ2n) is 6.43. The summed E-state index contributed by atoms with van der Waals surface area (Å²) in [6.45, 7) is 2.27. The summed E-state index contributed by atoms with van der Waals surface area (Å²) in [5.74, 6) is 1.55. The van der Waals surface area contributed by atoms with Crippen LogP contribution in [0.3, 0.4) is 0 Å². The lowest BCUT2D eigenvalue weighted by atomic mass is 9.91. The molecule has 4 heteroatoms. The second-order valence-corrected chi connectivity index (χ2v) is 6.43. The third-order valence-corrected chi connectivity index (χ3v) is 4.65. The minimum atomic E-state index is -0.522. The van der Waals surface area contributed by atoms with Crippen LogP contribution in [0.2, 0.25) is 0 Å². The quantitative estimate of drug-likeness (QED) is 0.874. The van der Waals surface area contributed by atoms with Crippen molar-refractivity contribution >= 4 is 5.91 Å². The Morgan fingerprint density at radius 3 is 2.64 bits per heavy atom. The van der Waals surface area contributed by atoms with Crippen molar-refractivity contribution in [2.75, 3.05) is 7.11 Å². The minimum Gasteiger partial charge on any atom is -0.497 e. The summed E-state index contributed by atoms with van der Waals surface area (Å²) in [6.07, 6.45) is 4.03. The Bertz CT molecular complexity index is 724. The van der Waals surface area contributed by atoms with Gasteiger partial charge in [-0.2, -0.15) is 0 Å². The van der Waals surface area contributed by atoms with Gasteiger partial charge in [0.25, 0.3) is 5.91 Å². The highest BCUT2D eigenvalue weighted by molar-refractivity contribution is 5.80. The van der Waals surface area contributed by atoms with E-state index in [2.05, 4.69) is 11.4 Å². The SMILES string of the molecule is COc1ccc(CNC(=O)C(C)Oc2cccc3c2CCCC3)cc1. The zero-order valence-corrected chi connectivity index (χ0v) is 14.9. The lowest BCUT2D eigenvalue weighted by Crippen LogP contribution is -2.36. The van der Waals surface area contributed by atoms with Crippen LogP contribution in [0.25, 0.3) is 0 Å². The first kappa shape index (κ1) is 17.3. The van der Waals surface area contributed by atoms with E-state index in [9.17, 15) is 4.79 Å². The first-order valence-corrected chi connectivity index (χ1v) is 8.85. The molecule has 0 aliphatic heterocycles. The molecule has 0 fully saturated rings. The monoisotopic (exact) mass is 339 g/mol. The largest absolute Gasteiger partial charge is 0.497 e. The molecule has 1 aliphatic carbocycles. The summed E-state index contributed by atoms with van der Waals surface area (Å²) in [7, 11) is 1.64. The first-order chi connectivity index (χ1) is 12.2. The number of carbonyl (C=O) groups is 1. The van der Waals surface area contributed by atoms with Gasteiger partial charge in [-0.3, -0.25) is 4.79 Å². The van der Waals surface area contributed by atoms with Crippen molar-refractivity contribution in [3.8, 4) is 11.5 Å². The Morgan fingerprint density at radius 2 is 1.88 bits per heavy atom. The summed E-state index contributed by atoms with van der Waals surface area (Å²) in [6, 6.07) is 13.8. The van der Waals surface area contributed by atoms with Crippen LogP contribution in [-0.4, -0.2) is 19.1 Å². The molecule has 2 aromatic carbocycles. The van der Waals surface area contributed by atoms with Crippen molar-refractivity contribution in [3.05, 3.63) is 59.2 Å². The molecule has 0 spiro atoms. The van der Waals surface area contributed by atoms with E-state index < -0.39 is 6.10 Å². The van der Waals surface area contributed by atoms with Crippen LogP contribution in [-0.2, 0) is 24.2 Å². The summed E-state index contributed by atoms with van der Waals surface area (Å²) in [5.41, 5.74) is 3.65. The third kappa shape index (κ3) is 4.32. The van der Waals surface area contributed by atoms with Crippen LogP contribution < -0.4 is 14.8 Å². The number of rotatable bonds is 6. The fourth-order valence-electron chi connectivity index (χ4n) is 3.18. The number of amides is 1. The van der Waals surface area contributed by atoms with E-state index in [0.717, 1.165) is 29.9 Å². The molecule has 3 rings (SSSR count). The van der Waals surface area contributed by atoms with Gasteiger partial charge in [-0.25, -0.2) is 0 Å². The van der Waals surface area contributed by atoms with E-state index in [4.69, 9.17) is 9.47 Å². The molecule has 0 radical (unpaired) electrons. The predicted molar refractivity (Wildman–Crippen MR) is 98.0 cm³/mol. The Morgan fingerprint density at radius 1 is 1.12 bits per heavy atom. The highest BCUT2D eigenvalue weighted by atomic mass is 16.5. The fourth-order valence-corrected chi connectivity index (χ4v) is 3.18. The molecule has 25 heavy (non-hydrogen) atoms. The number of ether oxygens (including phenoxy) is 2. The maximum absolute atomic E-state index is 12.4. The molecule has 1 unspecified atom stereocenters. The van der Waals surface area contributed by atoms with Crippen LogP contribution in [0.5, 0.6) is 11.5 Å². The van der Waals surface area contributed by atoms with Gasteiger partial charge in [-0.05, 0) is 67.5 Å². The van der Waals surface area contributed by atoms with Gasteiger partial charge >= 0.3 is 0 Å². The van der Waals surface area contributed by atoms with Gasteiger partial charge < -0.3 is 14.8 Å². The molecule has 1 amide bonds. The van der Waals surface area contributed by atoms with Crippen molar-refractivity contribution in [1.29, 1.82) is 0 Å². The Hall–Kier alpha value is -2.49. The van der Waals surface area contributed by atoms with Gasteiger partial charge in [-0.15, -0.1) is 0 Å². The Labute approximate surface area is 149 Å². The Kier molecular flexibility index (Phi) is 5.59. The van der Waals surface area contributed by atoms with Crippen molar-refractivity contribution in [2.45, 2.75) is 45.3 Å². The highest BCUT2D eigenvalue weighted by Gasteiger charge is 2.19. The zero-order chi connectivity index (χ0) is 17.6. The van der Waals surface area contributed by atoms with Gasteiger partial charge in [0.15, 0.2) is 6.10 Å². The Balaban J connectivity index is 1.57. The van der Waals surface area contributed by atoms with Crippen molar-refractivity contribution < 1.29 is 14.3 Å². The molecular weight excluding hydrogens is 314 g/mol. The number of carbonyl (C=O) groups excluding carboxylic acids is 1. The van der Waals surface area contributed by atoms with E-state index >= 15 is 0 Å². The van der Waals surface area contributed by atoms with E-state index in [0.29, 0.717) is 6.54 Å². The molecule has 4 nitrogen and oxygen atoms in total. The summed E-state index contributed by atoms with van der Waals surface area (Å²) < 4.78 is 11.1. The number of aryl methyl sites for hydroxylation is 1. The van der Waals surface area contributed by atoms with E-state index in [1.807, 2.05) is 36.4 Å². The molecular formula is C21H25NO3. The van der Waals surface area contributed by atoms with Gasteiger partial charge in [0.1, 0.15) is 11.5 Å². The molecule has 0 heterocycles. The van der Waals surface area contributed by atoms with E-state index in [1.165, 1.54) is 24.0 Å². The highest BCUT2D eigenvalue weighted by Crippen LogP contribution is 2.30. The normalized spacial score (nSPS) is 14.3. The first-order valence-electron chi connectivity index (χ1n) is 8.85. The van der Waals surface area contributed by atoms with Crippen LogP contribution in [0.4, 0.5) is 0 Å². The molecule has 0 saturated heterocycles. The number of methoxy groups -OCH3 is 1. The van der Waals surface area contributed by atoms with E-state index in [1.54, 1.807) is 14.0 Å². The number of hydrogen-bond donors (Lipinski definition) is 1. The van der Waals surface area contributed by atoms with Crippen molar-refractivity contribution in [1.82, 2.24) is 5.32 Å². The zero-order valence-electron chi connectivity index (χ0n) is 14.9. The second kappa shape index (κ2) is 8.06. The number of benzene rings is 2. The predicted octanol–water partition coefficient (Wildman–Crippen LogP) is 3.66. The third-order valence-electron chi connectivity index (χ3n) is 4.65. The molecule has 2 aromatic rings. The van der Waals surface area contributed by atoms with Crippen LogP contribution >= 0.6 is 0 Å². The molecule has 0 saturated carbocycles. The van der Waals surface area contributed by atoms with Gasteiger partial charge in [0.05, 0.1) is 7.11 Å². The smallest absolute Gasteiger partial charge is 0.261 e. The summed E-state index contributed by atoms with van der Waals surface area (Å²) in [4.78, 5) is 12.4. The maximum Gasteiger partial charge on any atom is 0.261 e. The lowest BCUT2D eigenvalue weighted by Gasteiger charge is -2.22. The maximum atomic E-state index is 12.4.